The molecule has 106 valence electrons. The van der Waals surface area contributed by atoms with Gasteiger partial charge in [-0.15, -0.1) is 23.3 Å². The van der Waals surface area contributed by atoms with Gasteiger partial charge in [-0.2, -0.15) is 0 Å². The molecule has 0 amide bonds. The van der Waals surface area contributed by atoms with Crippen molar-refractivity contribution in [3.63, 3.8) is 0 Å². The predicted octanol–water partition coefficient (Wildman–Crippen LogP) is 1.86. The van der Waals surface area contributed by atoms with Gasteiger partial charge in [0, 0.05) is 5.75 Å². The molecular weight excluding hydrogens is 260 g/mol. The highest BCUT2D eigenvalue weighted by Crippen LogP contribution is 2.21. The second kappa shape index (κ2) is 6.32. The quantitative estimate of drug-likeness (QED) is 0.508. The number of nitrogens with two attached hydrogens (primary N) is 1. The van der Waals surface area contributed by atoms with Crippen molar-refractivity contribution in [3.8, 4) is 0 Å². The van der Waals surface area contributed by atoms with Gasteiger partial charge in [-0.3, -0.25) is 4.52 Å². The summed E-state index contributed by atoms with van der Waals surface area (Å²) in [5.41, 5.74) is 6.86. The Morgan fingerprint density at radius 3 is 2.84 bits per heavy atom. The van der Waals surface area contributed by atoms with Crippen LogP contribution in [-0.2, 0) is 5.75 Å². The number of nitrogens with zero attached hydrogens (tertiary/aromatic N) is 3. The van der Waals surface area contributed by atoms with Crippen molar-refractivity contribution in [3.05, 3.63) is 18.3 Å². The van der Waals surface area contributed by atoms with Gasteiger partial charge < -0.3 is 5.73 Å². The van der Waals surface area contributed by atoms with Crippen LogP contribution in [0.4, 0.5) is 5.88 Å². The van der Waals surface area contributed by atoms with Gasteiger partial charge >= 0.3 is 11.6 Å². The Balaban J connectivity index is 2.20. The number of thioether (sulfide) groups is 1. The molecule has 5 nitrogen and oxygen atoms in total. The molecule has 1 saturated heterocycles. The van der Waals surface area contributed by atoms with Crippen molar-refractivity contribution < 1.29 is 9.31 Å². The van der Waals surface area contributed by atoms with Crippen LogP contribution in [-0.4, -0.2) is 23.1 Å². The van der Waals surface area contributed by atoms with Gasteiger partial charge in [0.1, 0.15) is 0 Å². The van der Waals surface area contributed by atoms with Crippen molar-refractivity contribution >= 4 is 17.6 Å². The molecule has 19 heavy (non-hydrogen) atoms. The largest absolute Gasteiger partial charge is 0.362 e. The van der Waals surface area contributed by atoms with Crippen molar-refractivity contribution in [2.45, 2.75) is 50.9 Å². The maximum absolute atomic E-state index is 5.91. The number of hydrogen-bond acceptors (Lipinski definition) is 5. The lowest BCUT2D eigenvalue weighted by atomic mass is 10.00. The van der Waals surface area contributed by atoms with Crippen molar-refractivity contribution in [1.29, 1.82) is 0 Å². The van der Waals surface area contributed by atoms with Gasteiger partial charge in [-0.1, -0.05) is 6.08 Å². The molecular formula is C13H23N4OS+. The second-order valence-corrected chi connectivity index (χ2v) is 6.12. The van der Waals surface area contributed by atoms with Gasteiger partial charge in [0.25, 0.3) is 0 Å². The molecule has 2 heterocycles. The van der Waals surface area contributed by atoms with Crippen LogP contribution in [0.3, 0.4) is 0 Å². The first kappa shape index (κ1) is 14.2. The lowest BCUT2D eigenvalue weighted by Crippen LogP contribution is -2.69. The summed E-state index contributed by atoms with van der Waals surface area (Å²) in [6.45, 7) is 8.19. The Bertz CT molecular complexity index is 424. The highest BCUT2D eigenvalue weighted by Gasteiger charge is 2.37. The Kier molecular flexibility index (Phi) is 4.74. The van der Waals surface area contributed by atoms with E-state index in [0.29, 0.717) is 18.0 Å². The average molecular weight is 283 g/mol. The van der Waals surface area contributed by atoms with Crippen LogP contribution in [0.5, 0.6) is 0 Å². The van der Waals surface area contributed by atoms with E-state index in [4.69, 9.17) is 10.3 Å². The summed E-state index contributed by atoms with van der Waals surface area (Å²) in [4.78, 5) is 1.87. The molecule has 0 spiro atoms. The average Bonchev–Trinajstić information content (AvgIpc) is 2.72. The van der Waals surface area contributed by atoms with Gasteiger partial charge in [0.15, 0.2) is 0 Å². The summed E-state index contributed by atoms with van der Waals surface area (Å²) in [5.74, 6) is 2.11. The lowest BCUT2D eigenvalue weighted by molar-refractivity contribution is -0.771. The first-order valence-corrected chi connectivity index (χ1v) is 7.94. The van der Waals surface area contributed by atoms with Gasteiger partial charge in [0.05, 0.1) is 22.6 Å². The molecule has 1 aromatic heterocycles. The van der Waals surface area contributed by atoms with E-state index in [0.717, 1.165) is 17.2 Å². The van der Waals surface area contributed by atoms with Crippen LogP contribution in [0.2, 0.25) is 0 Å². The monoisotopic (exact) mass is 283 g/mol. The van der Waals surface area contributed by atoms with E-state index in [2.05, 4.69) is 30.7 Å². The highest BCUT2D eigenvalue weighted by molar-refractivity contribution is 7.98. The third-order valence-corrected chi connectivity index (χ3v) is 4.53. The number of anilines is 1. The third kappa shape index (κ3) is 3.05. The zero-order valence-electron chi connectivity index (χ0n) is 11.7. The molecule has 2 unspecified atom stereocenters. The summed E-state index contributed by atoms with van der Waals surface area (Å²) in [7, 11) is 0. The van der Waals surface area contributed by atoms with Crippen LogP contribution >= 0.6 is 11.8 Å². The normalized spacial score (nSPS) is 23.6. The standard InChI is InChI=1S/C13H23N4OS/c1-4-8-19-9-12-13(14)18-15-17(12)16-10(2)6-5-7-11(16)3/h4,10-11H,1,5-9,14H2,2-3H3/q+1. The predicted molar refractivity (Wildman–Crippen MR) is 78.5 cm³/mol. The minimum atomic E-state index is 0.418. The first-order valence-electron chi connectivity index (χ1n) is 6.78. The van der Waals surface area contributed by atoms with Crippen molar-refractivity contribution in [2.75, 3.05) is 16.5 Å². The van der Waals surface area contributed by atoms with E-state index >= 15 is 0 Å². The molecule has 0 bridgehead atoms. The Labute approximate surface area is 118 Å². The summed E-state index contributed by atoms with van der Waals surface area (Å²) < 4.78 is 5.19. The fourth-order valence-corrected chi connectivity index (χ4v) is 3.35. The molecule has 2 rings (SSSR count). The summed E-state index contributed by atoms with van der Waals surface area (Å²) in [5, 5.41) is 6.41. The lowest BCUT2D eigenvalue weighted by Gasteiger charge is -2.32. The van der Waals surface area contributed by atoms with Gasteiger partial charge in [-0.25, -0.2) is 0 Å². The number of rotatable bonds is 5. The minimum Gasteiger partial charge on any atom is -0.362 e. The Morgan fingerprint density at radius 2 is 2.21 bits per heavy atom. The zero-order chi connectivity index (χ0) is 13.8. The maximum Gasteiger partial charge on any atom is 0.317 e. The van der Waals surface area contributed by atoms with E-state index < -0.39 is 0 Å². The molecule has 0 saturated carbocycles. The molecule has 1 aliphatic rings. The number of nitrogen functional groups attached to an aromatic ring is 1. The minimum absolute atomic E-state index is 0.418. The number of aromatic nitrogens is 2. The Hall–Kier alpha value is -1.17. The fraction of sp³-hybridized carbons (Fsp3) is 0.692. The van der Waals surface area contributed by atoms with Crippen LogP contribution in [0.15, 0.2) is 17.2 Å². The SMILES string of the molecule is C=CCSCc1c(N)on[n+]1N1C(C)CCCC1C. The van der Waals surface area contributed by atoms with E-state index in [9.17, 15) is 0 Å². The second-order valence-electron chi connectivity index (χ2n) is 5.09. The fourth-order valence-electron chi connectivity index (χ4n) is 2.61. The number of piperidine rings is 1. The molecule has 0 aliphatic carbocycles. The molecule has 2 atom stereocenters. The molecule has 1 aromatic rings. The molecule has 0 aromatic carbocycles. The molecule has 6 heteroatoms. The zero-order valence-corrected chi connectivity index (χ0v) is 12.5. The first-order chi connectivity index (χ1) is 9.15. The van der Waals surface area contributed by atoms with E-state index in [1.807, 2.05) is 10.9 Å². The van der Waals surface area contributed by atoms with Crippen LogP contribution < -0.4 is 15.5 Å². The molecule has 1 fully saturated rings. The maximum atomic E-state index is 5.91. The smallest absolute Gasteiger partial charge is 0.317 e. The molecule has 1 aliphatic heterocycles. The summed E-state index contributed by atoms with van der Waals surface area (Å²) >= 11 is 1.76. The van der Waals surface area contributed by atoms with Crippen LogP contribution in [0.1, 0.15) is 38.8 Å². The van der Waals surface area contributed by atoms with Crippen molar-refractivity contribution in [1.82, 2.24) is 5.27 Å². The summed E-state index contributed by atoms with van der Waals surface area (Å²) in [6, 6.07) is 0.919. The molecule has 0 radical (unpaired) electrons. The van der Waals surface area contributed by atoms with Gasteiger partial charge in [0.2, 0.25) is 5.27 Å². The van der Waals surface area contributed by atoms with E-state index in [-0.39, 0.29) is 0 Å². The third-order valence-electron chi connectivity index (χ3n) is 3.58. The number of hydrogen-bond donors (Lipinski definition) is 1. The molecule has 2 N–H and O–H groups in total. The topological polar surface area (TPSA) is 59.2 Å². The van der Waals surface area contributed by atoms with Crippen molar-refractivity contribution in [2.24, 2.45) is 0 Å². The van der Waals surface area contributed by atoms with E-state index in [1.54, 1.807) is 11.8 Å². The van der Waals surface area contributed by atoms with E-state index in [1.165, 1.54) is 19.3 Å². The summed E-state index contributed by atoms with van der Waals surface area (Å²) in [6.07, 6.45) is 5.53. The van der Waals surface area contributed by atoms with Crippen LogP contribution in [0.25, 0.3) is 0 Å². The van der Waals surface area contributed by atoms with Gasteiger partial charge in [-0.05, 0) is 33.1 Å². The van der Waals surface area contributed by atoms with Crippen LogP contribution in [0, 0.1) is 0 Å². The highest BCUT2D eigenvalue weighted by atomic mass is 32.2. The Morgan fingerprint density at radius 1 is 1.53 bits per heavy atom.